The van der Waals surface area contributed by atoms with Gasteiger partial charge in [-0.2, -0.15) is 0 Å². The molecule has 3 heteroatoms. The van der Waals surface area contributed by atoms with Crippen molar-refractivity contribution in [1.29, 1.82) is 0 Å². The second-order valence-corrected chi connectivity index (χ2v) is 5.75. The van der Waals surface area contributed by atoms with Crippen molar-refractivity contribution >= 4 is 42.8 Å². The molecule has 0 aliphatic heterocycles. The van der Waals surface area contributed by atoms with Gasteiger partial charge in [0.15, 0.2) is 0 Å². The molecule has 0 amide bonds. The fraction of sp³-hybridized carbons (Fsp3) is 0. The molecule has 0 fully saturated rings. The van der Waals surface area contributed by atoms with Gasteiger partial charge in [0.1, 0.15) is 0 Å². The molecule has 1 aromatic heterocycles. The van der Waals surface area contributed by atoms with Crippen LogP contribution in [0.1, 0.15) is 0 Å². The first-order valence-electron chi connectivity index (χ1n) is 5.26. The van der Waals surface area contributed by atoms with Crippen molar-refractivity contribution in [2.45, 2.75) is 0 Å². The number of H-pyrrole nitrogens is 1. The van der Waals surface area contributed by atoms with Crippen LogP contribution in [0.4, 0.5) is 0 Å². The maximum absolute atomic E-state index is 3.49. The number of hydrogen-bond acceptors (Lipinski definition) is 0. The third kappa shape index (κ3) is 2.17. The predicted molar refractivity (Wildman–Crippen MR) is 79.1 cm³/mol. The molecule has 0 spiro atoms. The van der Waals surface area contributed by atoms with Crippen molar-refractivity contribution in [3.63, 3.8) is 0 Å². The fourth-order valence-corrected chi connectivity index (χ4v) is 2.53. The first-order chi connectivity index (χ1) is 8.22. The summed E-state index contributed by atoms with van der Waals surface area (Å²) in [7, 11) is 0. The van der Waals surface area contributed by atoms with Crippen LogP contribution in [-0.4, -0.2) is 4.98 Å². The summed E-state index contributed by atoms with van der Waals surface area (Å²) in [6, 6.07) is 16.7. The van der Waals surface area contributed by atoms with Crippen LogP contribution in [0.15, 0.2) is 57.5 Å². The van der Waals surface area contributed by atoms with Crippen LogP contribution in [-0.2, 0) is 0 Å². The van der Waals surface area contributed by atoms with Gasteiger partial charge >= 0.3 is 0 Å². The van der Waals surface area contributed by atoms with E-state index in [0.717, 1.165) is 20.2 Å². The minimum Gasteiger partial charge on any atom is -0.355 e. The van der Waals surface area contributed by atoms with Crippen LogP contribution < -0.4 is 0 Å². The SMILES string of the molecule is Brc1ccc(-c2cc3cc(Br)ccc3[nH]2)cc1. The van der Waals surface area contributed by atoms with Gasteiger partial charge in [-0.05, 0) is 42.0 Å². The summed E-state index contributed by atoms with van der Waals surface area (Å²) in [6.45, 7) is 0. The van der Waals surface area contributed by atoms with E-state index in [4.69, 9.17) is 0 Å². The van der Waals surface area contributed by atoms with Gasteiger partial charge in [-0.25, -0.2) is 0 Å². The third-order valence-corrected chi connectivity index (χ3v) is 3.76. The second-order valence-electron chi connectivity index (χ2n) is 3.92. The van der Waals surface area contributed by atoms with Crippen molar-refractivity contribution in [1.82, 2.24) is 4.98 Å². The zero-order valence-corrected chi connectivity index (χ0v) is 12.0. The lowest BCUT2D eigenvalue weighted by Crippen LogP contribution is -1.75. The summed E-state index contributed by atoms with van der Waals surface area (Å²) >= 11 is 6.93. The van der Waals surface area contributed by atoms with Crippen molar-refractivity contribution in [3.8, 4) is 11.3 Å². The topological polar surface area (TPSA) is 15.8 Å². The molecule has 3 aromatic rings. The fourth-order valence-electron chi connectivity index (χ4n) is 1.89. The van der Waals surface area contributed by atoms with E-state index in [1.807, 2.05) is 6.07 Å². The molecule has 1 nitrogen and oxygen atoms in total. The van der Waals surface area contributed by atoms with E-state index in [1.54, 1.807) is 0 Å². The van der Waals surface area contributed by atoms with Crippen molar-refractivity contribution < 1.29 is 0 Å². The van der Waals surface area contributed by atoms with Crippen LogP contribution in [0.2, 0.25) is 0 Å². The van der Waals surface area contributed by atoms with Gasteiger partial charge in [0.05, 0.1) is 0 Å². The van der Waals surface area contributed by atoms with E-state index in [9.17, 15) is 0 Å². The Hall–Kier alpha value is -1.06. The first kappa shape index (κ1) is 11.1. The summed E-state index contributed by atoms with van der Waals surface area (Å²) < 4.78 is 2.20. The number of rotatable bonds is 1. The molecule has 1 N–H and O–H groups in total. The molecular weight excluding hydrogens is 342 g/mol. The van der Waals surface area contributed by atoms with Crippen LogP contribution in [0.25, 0.3) is 22.2 Å². The normalized spacial score (nSPS) is 10.9. The zero-order chi connectivity index (χ0) is 11.8. The Labute approximate surface area is 116 Å². The molecule has 0 saturated heterocycles. The number of fused-ring (bicyclic) bond motifs is 1. The molecule has 0 atom stereocenters. The van der Waals surface area contributed by atoms with E-state index in [0.29, 0.717) is 0 Å². The maximum Gasteiger partial charge on any atom is 0.0464 e. The minimum atomic E-state index is 1.10. The Morgan fingerprint density at radius 2 is 1.47 bits per heavy atom. The second kappa shape index (κ2) is 4.31. The Morgan fingerprint density at radius 3 is 2.24 bits per heavy atom. The third-order valence-electron chi connectivity index (χ3n) is 2.74. The molecule has 0 saturated carbocycles. The number of hydrogen-bond donors (Lipinski definition) is 1. The molecule has 0 bridgehead atoms. The maximum atomic E-state index is 3.49. The van der Waals surface area contributed by atoms with E-state index in [-0.39, 0.29) is 0 Å². The Kier molecular flexibility index (Phi) is 2.81. The Morgan fingerprint density at radius 1 is 0.765 bits per heavy atom. The van der Waals surface area contributed by atoms with Crippen LogP contribution in [0.3, 0.4) is 0 Å². The molecule has 84 valence electrons. The molecule has 17 heavy (non-hydrogen) atoms. The molecule has 0 aliphatic rings. The highest BCUT2D eigenvalue weighted by Gasteiger charge is 2.03. The molecule has 0 unspecified atom stereocenters. The van der Waals surface area contributed by atoms with Gasteiger partial charge in [0.25, 0.3) is 0 Å². The highest BCUT2D eigenvalue weighted by molar-refractivity contribution is 9.10. The number of nitrogens with one attached hydrogen (secondary N) is 1. The lowest BCUT2D eigenvalue weighted by molar-refractivity contribution is 1.45. The number of aromatic amines is 1. The molecule has 2 aromatic carbocycles. The van der Waals surface area contributed by atoms with E-state index in [2.05, 4.69) is 79.3 Å². The van der Waals surface area contributed by atoms with Gasteiger partial charge in [0, 0.05) is 25.5 Å². The molecular formula is C14H9Br2N. The first-order valence-corrected chi connectivity index (χ1v) is 6.85. The van der Waals surface area contributed by atoms with Crippen LogP contribution in [0.5, 0.6) is 0 Å². The van der Waals surface area contributed by atoms with Gasteiger partial charge in [-0.3, -0.25) is 0 Å². The summed E-state index contributed by atoms with van der Waals surface area (Å²) in [4.78, 5) is 3.42. The monoisotopic (exact) mass is 349 g/mol. The molecule has 1 heterocycles. The lowest BCUT2D eigenvalue weighted by Gasteiger charge is -1.97. The highest BCUT2D eigenvalue weighted by Crippen LogP contribution is 2.27. The smallest absolute Gasteiger partial charge is 0.0464 e. The van der Waals surface area contributed by atoms with Crippen molar-refractivity contribution in [2.24, 2.45) is 0 Å². The predicted octanol–water partition coefficient (Wildman–Crippen LogP) is 5.36. The molecule has 3 rings (SSSR count). The summed E-state index contributed by atoms with van der Waals surface area (Å²) in [5.41, 5.74) is 3.50. The quantitative estimate of drug-likeness (QED) is 0.608. The van der Waals surface area contributed by atoms with E-state index >= 15 is 0 Å². The van der Waals surface area contributed by atoms with Gasteiger partial charge in [0.2, 0.25) is 0 Å². The average molecular weight is 351 g/mol. The summed E-state index contributed by atoms with van der Waals surface area (Å²) in [5, 5.41) is 1.22. The minimum absolute atomic E-state index is 1.10. The van der Waals surface area contributed by atoms with Crippen molar-refractivity contribution in [2.75, 3.05) is 0 Å². The average Bonchev–Trinajstić information content (AvgIpc) is 2.72. The standard InChI is InChI=1S/C14H9Br2N/c15-11-3-1-9(2-4-11)14-8-10-7-12(16)5-6-13(10)17-14/h1-8,17H. The van der Waals surface area contributed by atoms with Gasteiger partial charge < -0.3 is 4.98 Å². The largest absolute Gasteiger partial charge is 0.355 e. The summed E-state index contributed by atoms with van der Waals surface area (Å²) in [5.74, 6) is 0. The number of benzene rings is 2. The highest BCUT2D eigenvalue weighted by atomic mass is 79.9. The summed E-state index contributed by atoms with van der Waals surface area (Å²) in [6.07, 6.45) is 0. The van der Waals surface area contributed by atoms with Gasteiger partial charge in [-0.1, -0.05) is 44.0 Å². The number of halogens is 2. The Balaban J connectivity index is 2.14. The zero-order valence-electron chi connectivity index (χ0n) is 8.87. The van der Waals surface area contributed by atoms with Crippen molar-refractivity contribution in [3.05, 3.63) is 57.5 Å². The van der Waals surface area contributed by atoms with E-state index < -0.39 is 0 Å². The Bertz CT molecular complexity index is 668. The van der Waals surface area contributed by atoms with Gasteiger partial charge in [-0.15, -0.1) is 0 Å². The van der Waals surface area contributed by atoms with E-state index in [1.165, 1.54) is 10.9 Å². The molecule has 0 aliphatic carbocycles. The molecule has 0 radical (unpaired) electrons. The lowest BCUT2D eigenvalue weighted by atomic mass is 10.1. The van der Waals surface area contributed by atoms with Crippen LogP contribution >= 0.6 is 31.9 Å². The van der Waals surface area contributed by atoms with Crippen LogP contribution in [0, 0.1) is 0 Å². The number of aromatic nitrogens is 1.